The third kappa shape index (κ3) is 7.89. The predicted molar refractivity (Wildman–Crippen MR) is 114 cm³/mol. The first-order chi connectivity index (χ1) is 15.3. The van der Waals surface area contributed by atoms with E-state index < -0.39 is 23.9 Å². The average Bonchev–Trinajstić information content (AvgIpc) is 2.78. The molecule has 2 rings (SSSR count). The second-order valence-electron chi connectivity index (χ2n) is 6.65. The number of rotatable bonds is 11. The molecule has 0 heterocycles. The van der Waals surface area contributed by atoms with Crippen molar-refractivity contribution in [1.82, 2.24) is 15.5 Å². The molecule has 2 aromatic rings. The SMILES string of the molecule is O=C(O)C(=O)N[C@H](Cc1ccc(OCc2cccc(C(=O)NCCNCl)c2)cc1)C(=O)O. The van der Waals surface area contributed by atoms with Gasteiger partial charge in [0.2, 0.25) is 0 Å². The summed E-state index contributed by atoms with van der Waals surface area (Å²) in [4.78, 5) is 47.6. The van der Waals surface area contributed by atoms with Gasteiger partial charge in [-0.05, 0) is 47.2 Å². The number of benzene rings is 2. The number of carboxylic acid groups (broad SMARTS) is 2. The molecule has 0 saturated heterocycles. The maximum atomic E-state index is 12.1. The highest BCUT2D eigenvalue weighted by molar-refractivity contribution is 6.31. The standard InChI is InChI=1S/C21H22ClN3O7/c22-24-9-8-23-18(26)15-3-1-2-14(10-15)12-32-16-6-4-13(5-7-16)11-17(20(28)29)25-19(27)21(30)31/h1-7,10,17,24H,8-9,11-12H2,(H,23,26)(H,25,27)(H,28,29)(H,30,31)/t17-/m1/s1. The van der Waals surface area contributed by atoms with Gasteiger partial charge in [0.1, 0.15) is 18.4 Å². The van der Waals surface area contributed by atoms with Gasteiger partial charge in [-0.15, -0.1) is 0 Å². The average molecular weight is 464 g/mol. The Morgan fingerprint density at radius 2 is 1.69 bits per heavy atom. The van der Waals surface area contributed by atoms with E-state index >= 15 is 0 Å². The minimum Gasteiger partial charge on any atom is -0.489 e. The van der Waals surface area contributed by atoms with Gasteiger partial charge in [0.05, 0.1) is 0 Å². The van der Waals surface area contributed by atoms with Crippen LogP contribution in [0.5, 0.6) is 5.75 Å². The fraction of sp³-hybridized carbons (Fsp3) is 0.238. The van der Waals surface area contributed by atoms with Crippen LogP contribution in [-0.4, -0.2) is 53.1 Å². The molecular weight excluding hydrogens is 442 g/mol. The number of hydrogen-bond donors (Lipinski definition) is 5. The van der Waals surface area contributed by atoms with Crippen molar-refractivity contribution in [3.8, 4) is 5.75 Å². The van der Waals surface area contributed by atoms with Crippen LogP contribution in [0.4, 0.5) is 0 Å². The summed E-state index contributed by atoms with van der Waals surface area (Å²) in [6.45, 7) is 1.03. The lowest BCUT2D eigenvalue weighted by Crippen LogP contribution is -2.45. The predicted octanol–water partition coefficient (Wildman–Crippen LogP) is 0.935. The van der Waals surface area contributed by atoms with Crippen molar-refractivity contribution in [2.75, 3.05) is 13.1 Å². The van der Waals surface area contributed by atoms with Crippen LogP contribution in [0.1, 0.15) is 21.5 Å². The molecule has 0 radical (unpaired) electrons. The van der Waals surface area contributed by atoms with Gasteiger partial charge >= 0.3 is 17.8 Å². The molecule has 0 unspecified atom stereocenters. The highest BCUT2D eigenvalue weighted by Crippen LogP contribution is 2.16. The van der Waals surface area contributed by atoms with Gasteiger partial charge < -0.3 is 25.6 Å². The fourth-order valence-electron chi connectivity index (χ4n) is 2.67. The third-order valence-electron chi connectivity index (χ3n) is 4.26. The molecule has 0 aliphatic carbocycles. The molecule has 10 nitrogen and oxygen atoms in total. The van der Waals surface area contributed by atoms with Crippen LogP contribution in [0.3, 0.4) is 0 Å². The van der Waals surface area contributed by atoms with E-state index in [2.05, 4.69) is 10.2 Å². The Kier molecular flexibility index (Phi) is 9.45. The van der Waals surface area contributed by atoms with Crippen molar-refractivity contribution in [2.45, 2.75) is 19.1 Å². The summed E-state index contributed by atoms with van der Waals surface area (Å²) < 4.78 is 5.71. The fourth-order valence-corrected chi connectivity index (χ4v) is 2.77. The van der Waals surface area contributed by atoms with Gasteiger partial charge in [-0.2, -0.15) is 0 Å². The summed E-state index contributed by atoms with van der Waals surface area (Å²) in [6.07, 6.45) is -0.0922. The van der Waals surface area contributed by atoms with E-state index in [1.54, 1.807) is 42.5 Å². The van der Waals surface area contributed by atoms with Crippen molar-refractivity contribution >= 4 is 35.5 Å². The zero-order chi connectivity index (χ0) is 23.5. The summed E-state index contributed by atoms with van der Waals surface area (Å²) in [5, 5.41) is 22.5. The van der Waals surface area contributed by atoms with Crippen molar-refractivity contribution in [2.24, 2.45) is 0 Å². The molecule has 0 aromatic heterocycles. The summed E-state index contributed by atoms with van der Waals surface area (Å²) >= 11 is 5.35. The Balaban J connectivity index is 1.93. The number of carbonyl (C=O) groups excluding carboxylic acids is 2. The van der Waals surface area contributed by atoms with Gasteiger partial charge in [-0.3, -0.25) is 9.59 Å². The quantitative estimate of drug-likeness (QED) is 0.187. The van der Waals surface area contributed by atoms with Crippen LogP contribution in [0.15, 0.2) is 48.5 Å². The zero-order valence-electron chi connectivity index (χ0n) is 16.8. The lowest BCUT2D eigenvalue weighted by molar-refractivity contribution is -0.152. The molecule has 2 aromatic carbocycles. The largest absolute Gasteiger partial charge is 0.489 e. The number of halogens is 1. The van der Waals surface area contributed by atoms with Gasteiger partial charge in [0, 0.05) is 25.1 Å². The molecule has 0 spiro atoms. The van der Waals surface area contributed by atoms with Gasteiger partial charge in [0.25, 0.3) is 5.91 Å². The van der Waals surface area contributed by atoms with E-state index in [-0.39, 0.29) is 18.9 Å². The van der Waals surface area contributed by atoms with E-state index in [1.165, 1.54) is 0 Å². The third-order valence-corrected chi connectivity index (χ3v) is 4.45. The van der Waals surface area contributed by atoms with Crippen LogP contribution < -0.4 is 20.2 Å². The summed E-state index contributed by atoms with van der Waals surface area (Å²) in [7, 11) is 0. The van der Waals surface area contributed by atoms with E-state index in [1.807, 2.05) is 11.4 Å². The Hall–Kier alpha value is -3.63. The van der Waals surface area contributed by atoms with E-state index in [0.29, 0.717) is 30.0 Å². The number of hydrogen-bond acceptors (Lipinski definition) is 6. The van der Waals surface area contributed by atoms with Crippen LogP contribution >= 0.6 is 11.8 Å². The molecule has 0 bridgehead atoms. The molecule has 0 fully saturated rings. The molecule has 32 heavy (non-hydrogen) atoms. The molecule has 5 N–H and O–H groups in total. The molecule has 0 aliphatic rings. The van der Waals surface area contributed by atoms with Crippen molar-refractivity contribution in [3.63, 3.8) is 0 Å². The van der Waals surface area contributed by atoms with Crippen LogP contribution in [0.2, 0.25) is 0 Å². The second kappa shape index (κ2) is 12.3. The van der Waals surface area contributed by atoms with E-state index in [0.717, 1.165) is 5.56 Å². The lowest BCUT2D eigenvalue weighted by Gasteiger charge is -2.13. The van der Waals surface area contributed by atoms with Gasteiger partial charge in [0.15, 0.2) is 0 Å². The minimum atomic E-state index is -1.76. The summed E-state index contributed by atoms with van der Waals surface area (Å²) in [5.41, 5.74) is 1.83. The Bertz CT molecular complexity index is 966. The number of nitrogens with one attached hydrogen (secondary N) is 3. The topological polar surface area (TPSA) is 154 Å². The number of amides is 2. The van der Waals surface area contributed by atoms with Gasteiger partial charge in [-0.25, -0.2) is 14.4 Å². The minimum absolute atomic E-state index is 0.0922. The van der Waals surface area contributed by atoms with Crippen molar-refractivity contribution in [3.05, 3.63) is 65.2 Å². The highest BCUT2D eigenvalue weighted by Gasteiger charge is 2.23. The number of carbonyl (C=O) groups is 4. The molecular formula is C21H22ClN3O7. The monoisotopic (exact) mass is 463 g/mol. The molecule has 2 amide bonds. The molecule has 1 atom stereocenters. The lowest BCUT2D eigenvalue weighted by atomic mass is 10.1. The van der Waals surface area contributed by atoms with E-state index in [4.69, 9.17) is 21.6 Å². The first-order valence-corrected chi connectivity index (χ1v) is 9.87. The zero-order valence-corrected chi connectivity index (χ0v) is 17.6. The Morgan fingerprint density at radius 3 is 2.31 bits per heavy atom. The Morgan fingerprint density at radius 1 is 0.969 bits per heavy atom. The molecule has 0 saturated carbocycles. The molecule has 0 aliphatic heterocycles. The van der Waals surface area contributed by atoms with Crippen molar-refractivity contribution < 1.29 is 34.1 Å². The first-order valence-electron chi connectivity index (χ1n) is 9.49. The van der Waals surface area contributed by atoms with E-state index in [9.17, 15) is 24.3 Å². The van der Waals surface area contributed by atoms with Crippen molar-refractivity contribution in [1.29, 1.82) is 0 Å². The number of ether oxygens (including phenoxy) is 1. The summed E-state index contributed by atoms with van der Waals surface area (Å²) in [5.74, 6) is -4.20. The summed E-state index contributed by atoms with van der Waals surface area (Å²) in [6, 6.07) is 12.1. The number of carboxylic acids is 2. The Labute approximate surface area is 188 Å². The van der Waals surface area contributed by atoms with Crippen LogP contribution in [-0.2, 0) is 27.4 Å². The van der Waals surface area contributed by atoms with Crippen LogP contribution in [0, 0.1) is 0 Å². The maximum absolute atomic E-state index is 12.1. The number of aliphatic carboxylic acids is 2. The van der Waals surface area contributed by atoms with Crippen LogP contribution in [0.25, 0.3) is 0 Å². The second-order valence-corrected chi connectivity index (χ2v) is 6.91. The smallest absolute Gasteiger partial charge is 0.394 e. The maximum Gasteiger partial charge on any atom is 0.394 e. The highest BCUT2D eigenvalue weighted by atomic mass is 35.5. The normalized spacial score (nSPS) is 11.3. The van der Waals surface area contributed by atoms with Gasteiger partial charge in [-0.1, -0.05) is 24.3 Å². The first kappa shape index (κ1) is 24.6. The molecule has 11 heteroatoms. The molecule has 170 valence electrons.